The smallest absolute Gasteiger partial charge is 0.307 e. The Morgan fingerprint density at radius 2 is 2.21 bits per heavy atom. The minimum atomic E-state index is -1.07. The summed E-state index contributed by atoms with van der Waals surface area (Å²) in [6, 6.07) is 4.52. The minimum absolute atomic E-state index is 0.105. The van der Waals surface area contributed by atoms with Crippen molar-refractivity contribution < 1.29 is 15.0 Å². The van der Waals surface area contributed by atoms with Crippen molar-refractivity contribution in [2.75, 3.05) is 0 Å². The monoisotopic (exact) mass is 211 g/mol. The first-order chi connectivity index (χ1) is 6.56. The van der Waals surface area contributed by atoms with Crippen LogP contribution in [0.5, 0.6) is 5.75 Å². The first-order valence-electron chi connectivity index (χ1n) is 3.68. The van der Waals surface area contributed by atoms with E-state index in [1.165, 1.54) is 12.1 Å². The molecule has 2 N–H and O–H groups in total. The highest BCUT2D eigenvalue weighted by atomic mass is 35.5. The van der Waals surface area contributed by atoms with Crippen LogP contribution in [-0.4, -0.2) is 16.2 Å². The first-order valence-corrected chi connectivity index (χ1v) is 4.06. The molecule has 4 nitrogen and oxygen atoms in total. The van der Waals surface area contributed by atoms with Crippen molar-refractivity contribution in [1.29, 1.82) is 5.26 Å². The Bertz CT molecular complexity index is 423. The third-order valence-corrected chi connectivity index (χ3v) is 2.04. The highest BCUT2D eigenvalue weighted by Gasteiger charge is 2.12. The summed E-state index contributed by atoms with van der Waals surface area (Å²) < 4.78 is 0. The van der Waals surface area contributed by atoms with Gasteiger partial charge in [-0.2, -0.15) is 5.26 Å². The van der Waals surface area contributed by atoms with Crippen molar-refractivity contribution in [3.8, 4) is 11.8 Å². The van der Waals surface area contributed by atoms with Gasteiger partial charge in [0, 0.05) is 5.56 Å². The molecule has 0 aromatic heterocycles. The van der Waals surface area contributed by atoms with Crippen LogP contribution >= 0.6 is 11.6 Å². The van der Waals surface area contributed by atoms with Gasteiger partial charge in [-0.25, -0.2) is 0 Å². The maximum Gasteiger partial charge on any atom is 0.307 e. The number of benzene rings is 1. The number of halogens is 1. The molecule has 0 heterocycles. The highest BCUT2D eigenvalue weighted by Crippen LogP contribution is 2.30. The Labute approximate surface area is 85.0 Å². The van der Waals surface area contributed by atoms with Crippen molar-refractivity contribution in [3.05, 3.63) is 28.3 Å². The van der Waals surface area contributed by atoms with Gasteiger partial charge in [-0.15, -0.1) is 0 Å². The van der Waals surface area contributed by atoms with E-state index in [9.17, 15) is 9.90 Å². The summed E-state index contributed by atoms with van der Waals surface area (Å²) in [5.74, 6) is -1.41. The Morgan fingerprint density at radius 3 is 2.71 bits per heavy atom. The molecule has 0 atom stereocenters. The number of nitrogens with zero attached hydrogens (tertiary/aromatic N) is 1. The quantitative estimate of drug-likeness (QED) is 0.778. The van der Waals surface area contributed by atoms with E-state index < -0.39 is 5.97 Å². The van der Waals surface area contributed by atoms with Gasteiger partial charge >= 0.3 is 5.97 Å². The minimum Gasteiger partial charge on any atom is -0.506 e. The summed E-state index contributed by atoms with van der Waals surface area (Å²) in [5.41, 5.74) is 0.319. The van der Waals surface area contributed by atoms with Crippen molar-refractivity contribution >= 4 is 17.6 Å². The number of hydrogen-bond donors (Lipinski definition) is 2. The zero-order valence-corrected chi connectivity index (χ0v) is 7.75. The molecule has 5 heteroatoms. The molecule has 14 heavy (non-hydrogen) atoms. The van der Waals surface area contributed by atoms with Gasteiger partial charge in [0.25, 0.3) is 0 Å². The lowest BCUT2D eigenvalue weighted by Crippen LogP contribution is -2.00. The molecule has 0 amide bonds. The molecule has 0 radical (unpaired) electrons. The number of phenolic OH excluding ortho intramolecular Hbond substituents is 1. The first kappa shape index (κ1) is 10.4. The number of rotatable bonds is 2. The standard InChI is InChI=1S/C9H6ClNO3/c10-8-6(4-11)2-1-5(9(8)14)3-7(12)13/h1-2,14H,3H2,(H,12,13). The highest BCUT2D eigenvalue weighted by molar-refractivity contribution is 6.33. The largest absolute Gasteiger partial charge is 0.506 e. The molecule has 0 saturated heterocycles. The number of nitriles is 1. The van der Waals surface area contributed by atoms with Crippen LogP contribution in [-0.2, 0) is 11.2 Å². The van der Waals surface area contributed by atoms with Crippen LogP contribution < -0.4 is 0 Å². The summed E-state index contributed by atoms with van der Waals surface area (Å²) in [6.45, 7) is 0. The Morgan fingerprint density at radius 1 is 1.57 bits per heavy atom. The second-order valence-electron chi connectivity index (χ2n) is 2.62. The fourth-order valence-corrected chi connectivity index (χ4v) is 1.22. The van der Waals surface area contributed by atoms with Crippen LogP contribution in [0, 0.1) is 11.3 Å². The molecule has 0 unspecified atom stereocenters. The van der Waals surface area contributed by atoms with Gasteiger partial charge in [0.15, 0.2) is 0 Å². The molecule has 0 aliphatic rings. The molecule has 0 spiro atoms. The van der Waals surface area contributed by atoms with Crippen molar-refractivity contribution in [1.82, 2.24) is 0 Å². The van der Waals surface area contributed by atoms with E-state index in [4.69, 9.17) is 22.0 Å². The van der Waals surface area contributed by atoms with E-state index >= 15 is 0 Å². The summed E-state index contributed by atoms with van der Waals surface area (Å²) >= 11 is 5.62. The third kappa shape index (κ3) is 1.95. The van der Waals surface area contributed by atoms with Crippen LogP contribution in [0.4, 0.5) is 0 Å². The van der Waals surface area contributed by atoms with Gasteiger partial charge in [-0.1, -0.05) is 17.7 Å². The molecular weight excluding hydrogens is 206 g/mol. The summed E-state index contributed by atoms with van der Waals surface area (Å²) in [4.78, 5) is 10.4. The van der Waals surface area contributed by atoms with Crippen molar-refractivity contribution in [3.63, 3.8) is 0 Å². The van der Waals surface area contributed by atoms with Gasteiger partial charge in [-0.3, -0.25) is 4.79 Å². The van der Waals surface area contributed by atoms with E-state index in [1.54, 1.807) is 6.07 Å². The van der Waals surface area contributed by atoms with Crippen LogP contribution in [0.15, 0.2) is 12.1 Å². The van der Waals surface area contributed by atoms with Crippen molar-refractivity contribution in [2.24, 2.45) is 0 Å². The number of carboxylic acids is 1. The van der Waals surface area contributed by atoms with E-state index in [0.717, 1.165) is 0 Å². The SMILES string of the molecule is N#Cc1ccc(CC(=O)O)c(O)c1Cl. The molecule has 0 fully saturated rings. The van der Waals surface area contributed by atoms with E-state index in [-0.39, 0.29) is 28.3 Å². The molecular formula is C9H6ClNO3. The lowest BCUT2D eigenvalue weighted by atomic mass is 10.1. The molecule has 1 aromatic carbocycles. The number of carboxylic acid groups (broad SMARTS) is 1. The van der Waals surface area contributed by atoms with Crippen LogP contribution in [0.2, 0.25) is 5.02 Å². The van der Waals surface area contributed by atoms with Crippen LogP contribution in [0.1, 0.15) is 11.1 Å². The molecule has 0 aliphatic carbocycles. The number of carbonyl (C=O) groups is 1. The molecule has 1 rings (SSSR count). The van der Waals surface area contributed by atoms with Gasteiger partial charge in [0.05, 0.1) is 12.0 Å². The predicted molar refractivity (Wildman–Crippen MR) is 49.2 cm³/mol. The average molecular weight is 212 g/mol. The second-order valence-corrected chi connectivity index (χ2v) is 3.00. The molecule has 0 saturated carbocycles. The topological polar surface area (TPSA) is 81.3 Å². The van der Waals surface area contributed by atoms with Gasteiger partial charge in [-0.05, 0) is 6.07 Å². The average Bonchev–Trinajstić information content (AvgIpc) is 2.13. The molecule has 72 valence electrons. The Hall–Kier alpha value is -1.73. The second kappa shape index (κ2) is 3.99. The summed E-state index contributed by atoms with van der Waals surface area (Å²) in [7, 11) is 0. The zero-order chi connectivity index (χ0) is 10.7. The van der Waals surface area contributed by atoms with Gasteiger partial charge < -0.3 is 10.2 Å². The van der Waals surface area contributed by atoms with E-state index in [0.29, 0.717) is 0 Å². The molecule has 1 aromatic rings. The van der Waals surface area contributed by atoms with Gasteiger partial charge in [0.2, 0.25) is 0 Å². The number of aliphatic carboxylic acids is 1. The lowest BCUT2D eigenvalue weighted by molar-refractivity contribution is -0.136. The van der Waals surface area contributed by atoms with E-state index in [1.807, 2.05) is 0 Å². The fourth-order valence-electron chi connectivity index (χ4n) is 0.996. The molecule has 0 bridgehead atoms. The maximum absolute atomic E-state index is 10.4. The number of phenols is 1. The normalized spacial score (nSPS) is 9.43. The third-order valence-electron chi connectivity index (χ3n) is 1.66. The fraction of sp³-hybridized carbons (Fsp3) is 0.111. The Kier molecular flexibility index (Phi) is 2.95. The van der Waals surface area contributed by atoms with Gasteiger partial charge in [0.1, 0.15) is 16.8 Å². The molecule has 0 aliphatic heterocycles. The Balaban J connectivity index is 3.18. The zero-order valence-electron chi connectivity index (χ0n) is 6.99. The number of aromatic hydroxyl groups is 1. The van der Waals surface area contributed by atoms with E-state index in [2.05, 4.69) is 0 Å². The predicted octanol–water partition coefficient (Wildman–Crippen LogP) is 1.54. The lowest BCUT2D eigenvalue weighted by Gasteiger charge is -2.04. The summed E-state index contributed by atoms with van der Waals surface area (Å²) in [6.07, 6.45) is -0.322. The maximum atomic E-state index is 10.4. The summed E-state index contributed by atoms with van der Waals surface area (Å²) in [5, 5.41) is 26.3. The van der Waals surface area contributed by atoms with Crippen molar-refractivity contribution in [2.45, 2.75) is 6.42 Å². The number of hydrogen-bond acceptors (Lipinski definition) is 3. The van der Waals surface area contributed by atoms with Crippen LogP contribution in [0.3, 0.4) is 0 Å². The van der Waals surface area contributed by atoms with Crippen LogP contribution in [0.25, 0.3) is 0 Å².